The Morgan fingerprint density at radius 2 is 2.00 bits per heavy atom. The summed E-state index contributed by atoms with van der Waals surface area (Å²) in [6.07, 6.45) is -0.465. The number of carbonyl (C=O) groups is 3. The van der Waals surface area contributed by atoms with E-state index in [1.807, 2.05) is 0 Å². The minimum Gasteiger partial charge on any atom is -0.480 e. The van der Waals surface area contributed by atoms with Gasteiger partial charge in [-0.15, -0.1) is 0 Å². The molecule has 0 aliphatic heterocycles. The topological polar surface area (TPSA) is 119 Å². The highest BCUT2D eigenvalue weighted by Gasteiger charge is 2.23. The summed E-state index contributed by atoms with van der Waals surface area (Å²) >= 11 is 0. The molecular formula is C13H16N2O5. The molecule has 0 spiro atoms. The number of carbonyl (C=O) groups excluding carboxylic acids is 2. The van der Waals surface area contributed by atoms with Crippen LogP contribution in [0.5, 0.6) is 0 Å². The lowest BCUT2D eigenvalue weighted by Crippen LogP contribution is -2.43. The summed E-state index contributed by atoms with van der Waals surface area (Å²) in [5.74, 6) is -2.71. The molecule has 1 atom stereocenters. The van der Waals surface area contributed by atoms with Crippen LogP contribution < -0.4 is 11.1 Å². The van der Waals surface area contributed by atoms with Crippen molar-refractivity contribution in [3.63, 3.8) is 0 Å². The number of nitrogens with two attached hydrogens (primary N) is 1. The highest BCUT2D eigenvalue weighted by atomic mass is 16.5. The smallest absolute Gasteiger partial charge is 0.326 e. The number of nitrogens with one attached hydrogen (secondary N) is 1. The number of rotatable bonds is 7. The van der Waals surface area contributed by atoms with Gasteiger partial charge in [0.15, 0.2) is 0 Å². The Balaban J connectivity index is 2.88. The fourth-order valence-corrected chi connectivity index (χ4v) is 1.66. The molecule has 1 rings (SSSR count). The van der Waals surface area contributed by atoms with Crippen LogP contribution in [0, 0.1) is 0 Å². The third-order valence-corrected chi connectivity index (χ3v) is 2.57. The molecule has 0 saturated heterocycles. The molecule has 2 amide bonds. The standard InChI is InChI=1S/C13H16N2O5/c1-20-7-8-4-2-3-5-9(8)12(17)15-10(13(18)19)6-11(14)16/h2-5,10H,6-7H2,1H3,(H2,14,16)(H,15,17)(H,18,19). The number of hydrogen-bond donors (Lipinski definition) is 3. The van der Waals surface area contributed by atoms with Crippen LogP contribution >= 0.6 is 0 Å². The van der Waals surface area contributed by atoms with Gasteiger partial charge in [0.25, 0.3) is 5.91 Å². The number of ether oxygens (including phenoxy) is 1. The molecule has 0 aromatic heterocycles. The Morgan fingerprint density at radius 3 is 2.55 bits per heavy atom. The predicted molar refractivity (Wildman–Crippen MR) is 69.9 cm³/mol. The summed E-state index contributed by atoms with van der Waals surface area (Å²) in [6, 6.07) is 5.28. The first-order valence-corrected chi connectivity index (χ1v) is 5.84. The Kier molecular flexibility index (Phi) is 5.67. The largest absolute Gasteiger partial charge is 0.480 e. The van der Waals surface area contributed by atoms with Gasteiger partial charge in [-0.05, 0) is 11.6 Å². The Morgan fingerprint density at radius 1 is 1.35 bits per heavy atom. The van der Waals surface area contributed by atoms with Crippen molar-refractivity contribution in [1.29, 1.82) is 0 Å². The number of carboxylic acid groups (broad SMARTS) is 1. The first-order chi connectivity index (χ1) is 9.45. The molecule has 108 valence electrons. The average molecular weight is 280 g/mol. The summed E-state index contributed by atoms with van der Waals surface area (Å²) in [7, 11) is 1.49. The lowest BCUT2D eigenvalue weighted by Gasteiger charge is -2.14. The second-order valence-electron chi connectivity index (χ2n) is 4.12. The highest BCUT2D eigenvalue weighted by Crippen LogP contribution is 2.10. The van der Waals surface area contributed by atoms with Crippen LogP contribution in [-0.2, 0) is 20.9 Å². The van der Waals surface area contributed by atoms with Crippen molar-refractivity contribution in [3.05, 3.63) is 35.4 Å². The first kappa shape index (κ1) is 15.6. The number of hydrogen-bond acceptors (Lipinski definition) is 4. The predicted octanol–water partition coefficient (Wildman–Crippen LogP) is -0.109. The molecule has 20 heavy (non-hydrogen) atoms. The Labute approximate surface area is 115 Å². The van der Waals surface area contributed by atoms with Crippen molar-refractivity contribution in [2.45, 2.75) is 19.1 Å². The number of benzene rings is 1. The zero-order valence-corrected chi connectivity index (χ0v) is 11.0. The third kappa shape index (κ3) is 4.36. The molecule has 0 heterocycles. The molecule has 0 aliphatic rings. The molecule has 0 fully saturated rings. The van der Waals surface area contributed by atoms with E-state index in [-0.39, 0.29) is 6.61 Å². The van der Waals surface area contributed by atoms with E-state index in [1.165, 1.54) is 7.11 Å². The molecule has 0 aliphatic carbocycles. The van der Waals surface area contributed by atoms with Crippen LogP contribution in [0.1, 0.15) is 22.3 Å². The fourth-order valence-electron chi connectivity index (χ4n) is 1.66. The van der Waals surface area contributed by atoms with Gasteiger partial charge in [-0.3, -0.25) is 9.59 Å². The summed E-state index contributed by atoms with van der Waals surface area (Å²) in [5, 5.41) is 11.2. The van der Waals surface area contributed by atoms with Crippen LogP contribution in [0.4, 0.5) is 0 Å². The van der Waals surface area contributed by atoms with Crippen LogP contribution in [0.15, 0.2) is 24.3 Å². The SMILES string of the molecule is COCc1ccccc1C(=O)NC(CC(N)=O)C(=O)O. The second kappa shape index (κ2) is 7.25. The van der Waals surface area contributed by atoms with E-state index in [4.69, 9.17) is 15.6 Å². The molecule has 7 heteroatoms. The maximum Gasteiger partial charge on any atom is 0.326 e. The van der Waals surface area contributed by atoms with Gasteiger partial charge < -0.3 is 20.9 Å². The van der Waals surface area contributed by atoms with Gasteiger partial charge in [-0.1, -0.05) is 18.2 Å². The van der Waals surface area contributed by atoms with Crippen molar-refractivity contribution in [1.82, 2.24) is 5.32 Å². The monoisotopic (exact) mass is 280 g/mol. The van der Waals surface area contributed by atoms with Gasteiger partial charge in [0.1, 0.15) is 6.04 Å². The number of amides is 2. The van der Waals surface area contributed by atoms with Crippen molar-refractivity contribution in [3.8, 4) is 0 Å². The molecular weight excluding hydrogens is 264 g/mol. The number of carboxylic acids is 1. The summed E-state index contributed by atoms with van der Waals surface area (Å²) in [5.41, 5.74) is 5.87. The quantitative estimate of drug-likeness (QED) is 0.644. The minimum atomic E-state index is -1.35. The molecule has 1 unspecified atom stereocenters. The molecule has 1 aromatic carbocycles. The number of methoxy groups -OCH3 is 1. The van der Waals surface area contributed by atoms with E-state index in [2.05, 4.69) is 5.32 Å². The van der Waals surface area contributed by atoms with E-state index in [0.717, 1.165) is 0 Å². The second-order valence-corrected chi connectivity index (χ2v) is 4.12. The lowest BCUT2D eigenvalue weighted by atomic mass is 10.1. The van der Waals surface area contributed by atoms with Crippen molar-refractivity contribution >= 4 is 17.8 Å². The van der Waals surface area contributed by atoms with E-state index in [0.29, 0.717) is 11.1 Å². The molecule has 4 N–H and O–H groups in total. The van der Waals surface area contributed by atoms with Crippen LogP contribution in [0.25, 0.3) is 0 Å². The number of aliphatic carboxylic acids is 1. The van der Waals surface area contributed by atoms with Crippen LogP contribution in [0.2, 0.25) is 0 Å². The maximum absolute atomic E-state index is 12.1. The summed E-state index contributed by atoms with van der Waals surface area (Å²) in [4.78, 5) is 33.8. The normalized spacial score (nSPS) is 11.7. The molecule has 0 radical (unpaired) electrons. The maximum atomic E-state index is 12.1. The van der Waals surface area contributed by atoms with Crippen LogP contribution in [0.3, 0.4) is 0 Å². The van der Waals surface area contributed by atoms with Gasteiger partial charge in [0.2, 0.25) is 5.91 Å². The van der Waals surface area contributed by atoms with E-state index < -0.39 is 30.2 Å². The average Bonchev–Trinajstić information content (AvgIpc) is 2.38. The van der Waals surface area contributed by atoms with Crippen molar-refractivity contribution < 1.29 is 24.2 Å². The molecule has 0 saturated carbocycles. The zero-order valence-electron chi connectivity index (χ0n) is 11.0. The molecule has 1 aromatic rings. The van der Waals surface area contributed by atoms with E-state index >= 15 is 0 Å². The minimum absolute atomic E-state index is 0.219. The van der Waals surface area contributed by atoms with E-state index in [9.17, 15) is 14.4 Å². The van der Waals surface area contributed by atoms with Gasteiger partial charge in [0, 0.05) is 12.7 Å². The van der Waals surface area contributed by atoms with E-state index in [1.54, 1.807) is 24.3 Å². The number of primary amides is 1. The zero-order chi connectivity index (χ0) is 15.1. The van der Waals surface area contributed by atoms with Gasteiger partial charge in [-0.25, -0.2) is 4.79 Å². The van der Waals surface area contributed by atoms with Crippen molar-refractivity contribution in [2.75, 3.05) is 7.11 Å². The Bertz CT molecular complexity index is 515. The highest BCUT2D eigenvalue weighted by molar-refractivity contribution is 5.98. The Hall–Kier alpha value is -2.41. The van der Waals surface area contributed by atoms with Crippen LogP contribution in [-0.4, -0.2) is 36.0 Å². The third-order valence-electron chi connectivity index (χ3n) is 2.57. The van der Waals surface area contributed by atoms with Crippen molar-refractivity contribution in [2.24, 2.45) is 5.73 Å². The fraction of sp³-hybridized carbons (Fsp3) is 0.308. The van der Waals surface area contributed by atoms with Gasteiger partial charge >= 0.3 is 5.97 Å². The lowest BCUT2D eigenvalue weighted by molar-refractivity contribution is -0.140. The molecule has 0 bridgehead atoms. The first-order valence-electron chi connectivity index (χ1n) is 5.84. The molecule has 7 nitrogen and oxygen atoms in total. The van der Waals surface area contributed by atoms with Gasteiger partial charge in [-0.2, -0.15) is 0 Å². The summed E-state index contributed by atoms with van der Waals surface area (Å²) < 4.78 is 4.97. The van der Waals surface area contributed by atoms with Gasteiger partial charge in [0.05, 0.1) is 13.0 Å². The summed E-state index contributed by atoms with van der Waals surface area (Å²) in [6.45, 7) is 0.219.